The minimum atomic E-state index is -0.158. The average molecular weight is 437 g/mol. The van der Waals surface area contributed by atoms with E-state index in [9.17, 15) is 4.79 Å². The molecule has 5 nitrogen and oxygen atoms in total. The molecule has 0 spiro atoms. The minimum Gasteiger partial charge on any atom is -0.493 e. The van der Waals surface area contributed by atoms with Crippen molar-refractivity contribution in [2.45, 2.75) is 46.5 Å². The number of nitrogens with zero attached hydrogens (tertiary/aromatic N) is 2. The Labute approximate surface area is 186 Å². The molecule has 2 aliphatic rings. The van der Waals surface area contributed by atoms with Gasteiger partial charge in [0.2, 0.25) is 5.91 Å². The summed E-state index contributed by atoms with van der Waals surface area (Å²) in [5, 5.41) is 0.747. The molecular formula is C24H37ClN2O3. The second kappa shape index (κ2) is 10.8. The molecule has 1 aromatic carbocycles. The molecule has 0 aromatic heterocycles. The number of hydrogen-bond acceptors (Lipinski definition) is 4. The molecule has 30 heavy (non-hydrogen) atoms. The van der Waals surface area contributed by atoms with Crippen LogP contribution in [0.25, 0.3) is 0 Å². The lowest BCUT2D eigenvalue weighted by molar-refractivity contribution is -0.139. The van der Waals surface area contributed by atoms with Crippen LogP contribution < -0.4 is 4.74 Å². The Morgan fingerprint density at radius 3 is 2.77 bits per heavy atom. The van der Waals surface area contributed by atoms with Crippen LogP contribution in [0.4, 0.5) is 0 Å². The van der Waals surface area contributed by atoms with E-state index >= 15 is 0 Å². The standard InChI is InChI=1S/C24H37ClN2O3/c1-4-19(2)16-26-9-5-8-24(17-26,15-23(28)27-10-12-29-13-11-27)18-30-21-6-7-22(25)20(3)14-21/h6-7,14,19H,4-5,8-13,15-18H2,1-3H3/t19-,24-/m0/s1. The van der Waals surface area contributed by atoms with Crippen LogP contribution in [-0.2, 0) is 9.53 Å². The number of aryl methyl sites for hydroxylation is 1. The molecule has 0 bridgehead atoms. The number of likely N-dealkylation sites (tertiary alicyclic amines) is 1. The maximum Gasteiger partial charge on any atom is 0.223 e. The molecular weight excluding hydrogens is 400 g/mol. The number of rotatable bonds is 8. The van der Waals surface area contributed by atoms with Crippen LogP contribution in [0.5, 0.6) is 5.75 Å². The summed E-state index contributed by atoms with van der Waals surface area (Å²) in [7, 11) is 0. The Balaban J connectivity index is 1.72. The van der Waals surface area contributed by atoms with Crippen molar-refractivity contribution in [3.05, 3.63) is 28.8 Å². The smallest absolute Gasteiger partial charge is 0.223 e. The highest BCUT2D eigenvalue weighted by Crippen LogP contribution is 2.36. The van der Waals surface area contributed by atoms with Gasteiger partial charge in [0.05, 0.1) is 19.8 Å². The zero-order chi connectivity index (χ0) is 21.6. The van der Waals surface area contributed by atoms with E-state index in [1.165, 1.54) is 6.42 Å². The van der Waals surface area contributed by atoms with Gasteiger partial charge in [0.15, 0.2) is 0 Å². The van der Waals surface area contributed by atoms with E-state index in [1.54, 1.807) is 0 Å². The summed E-state index contributed by atoms with van der Waals surface area (Å²) in [6.45, 7) is 12.9. The SMILES string of the molecule is CC[C@H](C)CN1CCC[C@](COc2ccc(Cl)c(C)c2)(CC(=O)N2CCOCC2)C1. The highest BCUT2D eigenvalue weighted by atomic mass is 35.5. The third-order valence-corrected chi connectivity index (χ3v) is 7.00. The summed E-state index contributed by atoms with van der Waals surface area (Å²) < 4.78 is 11.7. The average Bonchev–Trinajstić information content (AvgIpc) is 2.75. The summed E-state index contributed by atoms with van der Waals surface area (Å²) in [6.07, 6.45) is 3.84. The van der Waals surface area contributed by atoms with Crippen LogP contribution in [-0.4, -0.2) is 68.3 Å². The molecule has 2 saturated heterocycles. The van der Waals surface area contributed by atoms with E-state index in [0.29, 0.717) is 45.2 Å². The number of morpholine rings is 1. The van der Waals surface area contributed by atoms with Gasteiger partial charge >= 0.3 is 0 Å². The second-order valence-electron chi connectivity index (χ2n) is 9.22. The highest BCUT2D eigenvalue weighted by molar-refractivity contribution is 6.31. The molecule has 0 unspecified atom stereocenters. The Hall–Kier alpha value is -1.30. The second-order valence-corrected chi connectivity index (χ2v) is 9.63. The van der Waals surface area contributed by atoms with Crippen LogP contribution in [0, 0.1) is 18.3 Å². The van der Waals surface area contributed by atoms with Crippen molar-refractivity contribution in [3.63, 3.8) is 0 Å². The van der Waals surface area contributed by atoms with Crippen molar-refractivity contribution in [1.82, 2.24) is 9.80 Å². The predicted octanol–water partition coefficient (Wildman–Crippen LogP) is 4.40. The summed E-state index contributed by atoms with van der Waals surface area (Å²) in [5.74, 6) is 1.73. The molecule has 0 saturated carbocycles. The van der Waals surface area contributed by atoms with Crippen LogP contribution in [0.15, 0.2) is 18.2 Å². The molecule has 0 aliphatic carbocycles. The van der Waals surface area contributed by atoms with Gasteiger partial charge in [-0.3, -0.25) is 4.79 Å². The summed E-state index contributed by atoms with van der Waals surface area (Å²) in [4.78, 5) is 17.7. The fourth-order valence-electron chi connectivity index (χ4n) is 4.54. The van der Waals surface area contributed by atoms with E-state index < -0.39 is 0 Å². The van der Waals surface area contributed by atoms with Gasteiger partial charge in [-0.25, -0.2) is 0 Å². The van der Waals surface area contributed by atoms with E-state index in [-0.39, 0.29) is 11.3 Å². The third kappa shape index (κ3) is 6.35. The molecule has 2 aliphatic heterocycles. The normalized spacial score (nSPS) is 23.9. The highest BCUT2D eigenvalue weighted by Gasteiger charge is 2.39. The zero-order valence-corrected chi connectivity index (χ0v) is 19.5. The molecule has 6 heteroatoms. The molecule has 1 aromatic rings. The zero-order valence-electron chi connectivity index (χ0n) is 18.8. The lowest BCUT2D eigenvalue weighted by Gasteiger charge is -2.44. The van der Waals surface area contributed by atoms with Crippen molar-refractivity contribution in [3.8, 4) is 5.75 Å². The molecule has 0 N–H and O–H groups in total. The molecule has 3 rings (SSSR count). The van der Waals surface area contributed by atoms with Crippen LogP contribution in [0.2, 0.25) is 5.02 Å². The number of carbonyl (C=O) groups is 1. The first-order chi connectivity index (χ1) is 14.4. The first kappa shape index (κ1) is 23.4. The molecule has 0 radical (unpaired) electrons. The monoisotopic (exact) mass is 436 g/mol. The molecule has 1 amide bonds. The lowest BCUT2D eigenvalue weighted by Crippen LogP contribution is -2.51. The number of benzene rings is 1. The first-order valence-electron chi connectivity index (χ1n) is 11.4. The first-order valence-corrected chi connectivity index (χ1v) is 11.8. The Bertz CT molecular complexity index is 708. The van der Waals surface area contributed by atoms with Gasteiger partial charge in [-0.15, -0.1) is 0 Å². The number of amides is 1. The Morgan fingerprint density at radius 2 is 2.07 bits per heavy atom. The van der Waals surface area contributed by atoms with Crippen molar-refractivity contribution < 1.29 is 14.3 Å². The Morgan fingerprint density at radius 1 is 1.30 bits per heavy atom. The number of piperidine rings is 1. The van der Waals surface area contributed by atoms with Crippen molar-refractivity contribution in [2.24, 2.45) is 11.3 Å². The maximum absolute atomic E-state index is 13.1. The van der Waals surface area contributed by atoms with Crippen LogP contribution in [0.3, 0.4) is 0 Å². The fourth-order valence-corrected chi connectivity index (χ4v) is 4.66. The number of carbonyl (C=O) groups excluding carboxylic acids is 1. The lowest BCUT2D eigenvalue weighted by atomic mass is 9.77. The third-order valence-electron chi connectivity index (χ3n) is 6.57. The van der Waals surface area contributed by atoms with E-state index in [4.69, 9.17) is 21.1 Å². The summed E-state index contributed by atoms with van der Waals surface area (Å²) >= 11 is 6.17. The van der Waals surface area contributed by atoms with E-state index in [2.05, 4.69) is 18.7 Å². The van der Waals surface area contributed by atoms with Gasteiger partial charge in [0, 0.05) is 43.0 Å². The van der Waals surface area contributed by atoms with Gasteiger partial charge in [0.25, 0.3) is 0 Å². The van der Waals surface area contributed by atoms with Gasteiger partial charge in [-0.1, -0.05) is 31.9 Å². The van der Waals surface area contributed by atoms with Crippen LogP contribution >= 0.6 is 11.6 Å². The van der Waals surface area contributed by atoms with Crippen molar-refractivity contribution in [1.29, 1.82) is 0 Å². The topological polar surface area (TPSA) is 42.0 Å². The van der Waals surface area contributed by atoms with Crippen LogP contribution in [0.1, 0.15) is 45.1 Å². The predicted molar refractivity (Wildman–Crippen MR) is 121 cm³/mol. The largest absolute Gasteiger partial charge is 0.493 e. The Kier molecular flexibility index (Phi) is 8.44. The minimum absolute atomic E-state index is 0.158. The van der Waals surface area contributed by atoms with Crippen molar-refractivity contribution >= 4 is 17.5 Å². The number of hydrogen-bond donors (Lipinski definition) is 0. The molecule has 168 valence electrons. The maximum atomic E-state index is 13.1. The number of halogens is 1. The quantitative estimate of drug-likeness (QED) is 0.605. The summed E-state index contributed by atoms with van der Waals surface area (Å²) in [6, 6.07) is 5.79. The van der Waals surface area contributed by atoms with Gasteiger partial charge in [-0.05, 0) is 56.0 Å². The molecule has 2 fully saturated rings. The molecule has 2 atom stereocenters. The summed E-state index contributed by atoms with van der Waals surface area (Å²) in [5.41, 5.74) is 0.851. The fraction of sp³-hybridized carbons (Fsp3) is 0.708. The number of ether oxygens (including phenoxy) is 2. The van der Waals surface area contributed by atoms with E-state index in [1.807, 2.05) is 30.0 Å². The van der Waals surface area contributed by atoms with Gasteiger partial charge < -0.3 is 19.3 Å². The van der Waals surface area contributed by atoms with E-state index in [0.717, 1.165) is 48.8 Å². The van der Waals surface area contributed by atoms with Gasteiger partial charge in [-0.2, -0.15) is 0 Å². The molecule has 2 heterocycles. The van der Waals surface area contributed by atoms with Gasteiger partial charge in [0.1, 0.15) is 5.75 Å². The van der Waals surface area contributed by atoms with Crippen molar-refractivity contribution in [2.75, 3.05) is 52.5 Å².